The van der Waals surface area contributed by atoms with Gasteiger partial charge in [0, 0.05) is 13.1 Å². The number of ether oxygens (including phenoxy) is 1. The van der Waals surface area contributed by atoms with Gasteiger partial charge in [0.2, 0.25) is 0 Å². The first-order valence-electron chi connectivity index (χ1n) is 10.5. The average molecular weight is 429 g/mol. The van der Waals surface area contributed by atoms with Crippen LogP contribution in [0.3, 0.4) is 0 Å². The third-order valence-corrected chi connectivity index (χ3v) is 7.88. The number of benzene rings is 2. The highest BCUT2D eigenvalue weighted by atomic mass is 32.2. The molecule has 1 heterocycles. The van der Waals surface area contributed by atoms with Crippen LogP contribution in [-0.4, -0.2) is 45.0 Å². The fourth-order valence-electron chi connectivity index (χ4n) is 4.27. The summed E-state index contributed by atoms with van der Waals surface area (Å²) in [5.74, 6) is 0.246. The first kappa shape index (κ1) is 20.7. The van der Waals surface area contributed by atoms with Crippen LogP contribution >= 0.6 is 0 Å². The lowest BCUT2D eigenvalue weighted by molar-refractivity contribution is -0.139. The zero-order valence-electron chi connectivity index (χ0n) is 17.5. The van der Waals surface area contributed by atoms with Crippen molar-refractivity contribution in [3.63, 3.8) is 0 Å². The molecule has 4 rings (SSSR count). The van der Waals surface area contributed by atoms with Gasteiger partial charge in [0.1, 0.15) is 5.75 Å². The molecule has 0 radical (unpaired) electrons. The quantitative estimate of drug-likeness (QED) is 0.744. The minimum Gasteiger partial charge on any atom is -0.476 e. The summed E-state index contributed by atoms with van der Waals surface area (Å²) in [5, 5.41) is 0. The van der Waals surface area contributed by atoms with E-state index in [2.05, 4.69) is 0 Å². The summed E-state index contributed by atoms with van der Waals surface area (Å²) in [6.45, 7) is 1.87. The number of rotatable bonds is 4. The zero-order chi connectivity index (χ0) is 21.3. The Bertz CT molecular complexity index is 1010. The predicted molar refractivity (Wildman–Crippen MR) is 116 cm³/mol. The van der Waals surface area contributed by atoms with Gasteiger partial charge in [0.15, 0.2) is 6.10 Å². The molecule has 2 aromatic rings. The molecule has 1 fully saturated rings. The number of para-hydroxylation sites is 2. The molecule has 1 atom stereocenters. The molecule has 1 aliphatic carbocycles. The van der Waals surface area contributed by atoms with Crippen molar-refractivity contribution in [2.45, 2.75) is 56.1 Å². The van der Waals surface area contributed by atoms with Crippen LogP contribution in [0.2, 0.25) is 0 Å². The molecule has 2 aliphatic rings. The van der Waals surface area contributed by atoms with Gasteiger partial charge in [-0.25, -0.2) is 8.42 Å². The van der Waals surface area contributed by atoms with Gasteiger partial charge >= 0.3 is 0 Å². The second-order valence-corrected chi connectivity index (χ2v) is 10.0. The number of anilines is 1. The van der Waals surface area contributed by atoms with E-state index in [4.69, 9.17) is 4.74 Å². The maximum absolute atomic E-state index is 13.4. The summed E-state index contributed by atoms with van der Waals surface area (Å²) >= 11 is 0. The van der Waals surface area contributed by atoms with Gasteiger partial charge in [-0.3, -0.25) is 9.10 Å². The summed E-state index contributed by atoms with van der Waals surface area (Å²) in [4.78, 5) is 15.2. The molecule has 30 heavy (non-hydrogen) atoms. The Morgan fingerprint density at radius 1 is 1.03 bits per heavy atom. The van der Waals surface area contributed by atoms with Crippen LogP contribution in [0.25, 0.3) is 0 Å². The molecule has 160 valence electrons. The monoisotopic (exact) mass is 428 g/mol. The van der Waals surface area contributed by atoms with Crippen molar-refractivity contribution in [2.24, 2.45) is 0 Å². The smallest absolute Gasteiger partial charge is 0.265 e. The predicted octanol–water partition coefficient (Wildman–Crippen LogP) is 3.74. The van der Waals surface area contributed by atoms with E-state index in [1.165, 1.54) is 10.7 Å². The van der Waals surface area contributed by atoms with Gasteiger partial charge in [-0.1, -0.05) is 49.1 Å². The molecule has 1 aliphatic heterocycles. The standard InChI is InChI=1S/C23H28N2O4S/c1-17-12-14-19(15-13-17)30(27,28)25-16-22(29-21-11-7-6-10-20(21)25)23(26)24(2)18-8-4-3-5-9-18/h6-7,10-15,18,22H,3-5,8-9,16H2,1-2H3. The van der Waals surface area contributed by atoms with Crippen LogP contribution in [0.1, 0.15) is 37.7 Å². The number of nitrogens with zero attached hydrogens (tertiary/aromatic N) is 2. The maximum atomic E-state index is 13.4. The third kappa shape index (κ3) is 3.90. The highest BCUT2D eigenvalue weighted by molar-refractivity contribution is 7.92. The normalized spacial score (nSPS) is 19.7. The lowest BCUT2D eigenvalue weighted by Crippen LogP contribution is -2.53. The summed E-state index contributed by atoms with van der Waals surface area (Å²) < 4.78 is 34.2. The fourth-order valence-corrected chi connectivity index (χ4v) is 5.75. The molecule has 1 unspecified atom stereocenters. The molecule has 0 bridgehead atoms. The number of hydrogen-bond acceptors (Lipinski definition) is 4. The largest absolute Gasteiger partial charge is 0.476 e. The van der Waals surface area contributed by atoms with E-state index in [0.29, 0.717) is 11.4 Å². The van der Waals surface area contributed by atoms with E-state index >= 15 is 0 Å². The Kier molecular flexibility index (Phi) is 5.73. The van der Waals surface area contributed by atoms with Crippen molar-refractivity contribution in [1.82, 2.24) is 4.90 Å². The van der Waals surface area contributed by atoms with Gasteiger partial charge in [0.05, 0.1) is 17.1 Å². The topological polar surface area (TPSA) is 66.9 Å². The van der Waals surface area contributed by atoms with Crippen molar-refractivity contribution in [2.75, 3.05) is 17.9 Å². The average Bonchev–Trinajstić information content (AvgIpc) is 2.78. The first-order chi connectivity index (χ1) is 14.4. The van der Waals surface area contributed by atoms with Crippen LogP contribution in [-0.2, 0) is 14.8 Å². The summed E-state index contributed by atoms with van der Waals surface area (Å²) in [7, 11) is -2.02. The van der Waals surface area contributed by atoms with Crippen molar-refractivity contribution in [3.8, 4) is 5.75 Å². The van der Waals surface area contributed by atoms with Gasteiger partial charge < -0.3 is 9.64 Å². The van der Waals surface area contributed by atoms with Crippen LogP contribution in [0, 0.1) is 6.92 Å². The third-order valence-electron chi connectivity index (χ3n) is 6.09. The lowest BCUT2D eigenvalue weighted by atomic mass is 9.94. The number of aryl methyl sites for hydroxylation is 1. The van der Waals surface area contributed by atoms with Crippen molar-refractivity contribution in [3.05, 3.63) is 54.1 Å². The van der Waals surface area contributed by atoms with Gasteiger partial charge in [-0.2, -0.15) is 0 Å². The zero-order valence-corrected chi connectivity index (χ0v) is 18.3. The molecule has 0 spiro atoms. The minimum absolute atomic E-state index is 0.0386. The summed E-state index contributed by atoms with van der Waals surface area (Å²) in [5.41, 5.74) is 1.45. The molecule has 6 nitrogen and oxygen atoms in total. The van der Waals surface area contributed by atoms with Crippen molar-refractivity contribution >= 4 is 21.6 Å². The summed E-state index contributed by atoms with van der Waals surface area (Å²) in [6.07, 6.45) is 4.53. The second-order valence-electron chi connectivity index (χ2n) is 8.16. The van der Waals surface area contributed by atoms with Gasteiger partial charge in [-0.15, -0.1) is 0 Å². The van der Waals surface area contributed by atoms with E-state index in [1.807, 2.05) is 6.92 Å². The molecule has 0 N–H and O–H groups in total. The molecule has 1 saturated carbocycles. The molecule has 7 heteroatoms. The number of sulfonamides is 1. The number of carbonyl (C=O) groups excluding carboxylic acids is 1. The molecule has 1 amide bonds. The Hall–Kier alpha value is -2.54. The minimum atomic E-state index is -3.83. The highest BCUT2D eigenvalue weighted by Crippen LogP contribution is 2.37. The van der Waals surface area contributed by atoms with Crippen LogP contribution in [0.15, 0.2) is 53.4 Å². The summed E-state index contributed by atoms with van der Waals surface area (Å²) in [6, 6.07) is 13.9. The fraction of sp³-hybridized carbons (Fsp3) is 0.435. The van der Waals surface area contributed by atoms with Crippen LogP contribution in [0.4, 0.5) is 5.69 Å². The Labute approximate surface area is 178 Å². The number of likely N-dealkylation sites (N-methyl/N-ethyl adjacent to an activating group) is 1. The second kappa shape index (κ2) is 8.30. The first-order valence-corrected chi connectivity index (χ1v) is 11.9. The molecule has 0 aromatic heterocycles. The van der Waals surface area contributed by atoms with Crippen LogP contribution < -0.4 is 9.04 Å². The number of amides is 1. The van der Waals surface area contributed by atoms with E-state index in [1.54, 1.807) is 60.5 Å². The number of hydrogen-bond donors (Lipinski definition) is 0. The molecular formula is C23H28N2O4S. The van der Waals surface area contributed by atoms with E-state index in [0.717, 1.165) is 31.2 Å². The van der Waals surface area contributed by atoms with Crippen molar-refractivity contribution in [1.29, 1.82) is 0 Å². The SMILES string of the molecule is Cc1ccc(S(=O)(=O)N2CC(C(=O)N(C)C3CCCCC3)Oc3ccccc32)cc1. The molecule has 2 aromatic carbocycles. The maximum Gasteiger partial charge on any atom is 0.265 e. The van der Waals surface area contributed by atoms with Gasteiger partial charge in [0.25, 0.3) is 15.9 Å². The number of carbonyl (C=O) groups is 1. The van der Waals surface area contributed by atoms with E-state index < -0.39 is 16.1 Å². The number of fused-ring (bicyclic) bond motifs is 1. The molecule has 0 saturated heterocycles. The van der Waals surface area contributed by atoms with Crippen molar-refractivity contribution < 1.29 is 17.9 Å². The Balaban J connectivity index is 1.65. The highest BCUT2D eigenvalue weighted by Gasteiger charge is 2.39. The Morgan fingerprint density at radius 3 is 2.40 bits per heavy atom. The Morgan fingerprint density at radius 2 is 1.70 bits per heavy atom. The van der Waals surface area contributed by atoms with E-state index in [-0.39, 0.29) is 23.4 Å². The van der Waals surface area contributed by atoms with E-state index in [9.17, 15) is 13.2 Å². The molecular weight excluding hydrogens is 400 g/mol. The lowest BCUT2D eigenvalue weighted by Gasteiger charge is -2.38. The van der Waals surface area contributed by atoms with Gasteiger partial charge in [-0.05, 0) is 44.0 Å². The van der Waals surface area contributed by atoms with Crippen LogP contribution in [0.5, 0.6) is 5.75 Å².